The van der Waals surface area contributed by atoms with Crippen molar-refractivity contribution in [2.24, 2.45) is 0 Å². The predicted molar refractivity (Wildman–Crippen MR) is 73.1 cm³/mol. The van der Waals surface area contributed by atoms with Gasteiger partial charge >= 0.3 is 0 Å². The van der Waals surface area contributed by atoms with Gasteiger partial charge in [-0.05, 0) is 34.8 Å². The Morgan fingerprint density at radius 2 is 1.76 bits per heavy atom. The number of nitrogens with zero attached hydrogens (tertiary/aromatic N) is 2. The fourth-order valence-electron chi connectivity index (χ4n) is 2.76. The SMILES string of the molecule is Brc1nc(C2CCCCC2)c2ccccc2n1. The fourth-order valence-corrected chi connectivity index (χ4v) is 3.14. The number of hydrogen-bond acceptors (Lipinski definition) is 2. The molecular weight excluding hydrogens is 276 g/mol. The van der Waals surface area contributed by atoms with Crippen molar-refractivity contribution in [1.82, 2.24) is 9.97 Å². The third-order valence-corrected chi connectivity index (χ3v) is 3.95. The van der Waals surface area contributed by atoms with Crippen molar-refractivity contribution in [1.29, 1.82) is 0 Å². The number of fused-ring (bicyclic) bond motifs is 1. The number of aromatic nitrogens is 2. The molecule has 0 aliphatic heterocycles. The van der Waals surface area contributed by atoms with Gasteiger partial charge < -0.3 is 0 Å². The Balaban J connectivity index is 2.13. The van der Waals surface area contributed by atoms with Crippen molar-refractivity contribution in [2.75, 3.05) is 0 Å². The maximum absolute atomic E-state index is 4.63. The molecule has 2 aromatic rings. The second-order valence-electron chi connectivity index (χ2n) is 4.73. The van der Waals surface area contributed by atoms with E-state index in [1.807, 2.05) is 6.07 Å². The van der Waals surface area contributed by atoms with E-state index < -0.39 is 0 Å². The Hall–Kier alpha value is -0.960. The first kappa shape index (κ1) is 11.1. The highest BCUT2D eigenvalue weighted by molar-refractivity contribution is 9.10. The number of halogens is 1. The number of para-hydroxylation sites is 1. The maximum Gasteiger partial charge on any atom is 0.197 e. The summed E-state index contributed by atoms with van der Waals surface area (Å²) in [5, 5.41) is 1.22. The van der Waals surface area contributed by atoms with Gasteiger partial charge in [-0.1, -0.05) is 37.5 Å². The number of hydrogen-bond donors (Lipinski definition) is 0. The molecule has 0 amide bonds. The highest BCUT2D eigenvalue weighted by atomic mass is 79.9. The first-order valence-corrected chi connectivity index (χ1v) is 7.06. The Morgan fingerprint density at radius 3 is 2.59 bits per heavy atom. The van der Waals surface area contributed by atoms with Crippen LogP contribution in [0.4, 0.5) is 0 Å². The molecule has 3 heteroatoms. The van der Waals surface area contributed by atoms with Crippen molar-refractivity contribution in [3.8, 4) is 0 Å². The highest BCUT2D eigenvalue weighted by Crippen LogP contribution is 2.35. The Labute approximate surface area is 110 Å². The van der Waals surface area contributed by atoms with Gasteiger partial charge in [0.2, 0.25) is 0 Å². The summed E-state index contributed by atoms with van der Waals surface area (Å²) in [5.41, 5.74) is 2.29. The van der Waals surface area contributed by atoms with Gasteiger partial charge in [-0.25, -0.2) is 9.97 Å². The van der Waals surface area contributed by atoms with Crippen LogP contribution in [-0.4, -0.2) is 9.97 Å². The molecule has 1 aliphatic carbocycles. The normalized spacial score (nSPS) is 17.5. The van der Waals surface area contributed by atoms with E-state index in [1.165, 1.54) is 43.2 Å². The monoisotopic (exact) mass is 290 g/mol. The zero-order valence-electron chi connectivity index (χ0n) is 9.69. The van der Waals surface area contributed by atoms with Crippen molar-refractivity contribution >= 4 is 26.8 Å². The lowest BCUT2D eigenvalue weighted by Crippen LogP contribution is -2.08. The Morgan fingerprint density at radius 1 is 1.00 bits per heavy atom. The molecule has 1 heterocycles. The van der Waals surface area contributed by atoms with E-state index in [0.29, 0.717) is 5.92 Å². The lowest BCUT2D eigenvalue weighted by Gasteiger charge is -2.22. The second-order valence-corrected chi connectivity index (χ2v) is 5.44. The first-order chi connectivity index (χ1) is 8.34. The Kier molecular flexibility index (Phi) is 3.10. The number of rotatable bonds is 1. The molecule has 1 fully saturated rings. The summed E-state index contributed by atoms with van der Waals surface area (Å²) in [4.78, 5) is 9.07. The van der Waals surface area contributed by atoms with Crippen LogP contribution in [0.3, 0.4) is 0 Å². The van der Waals surface area contributed by atoms with Crippen LogP contribution in [0, 0.1) is 0 Å². The average molecular weight is 291 g/mol. The molecule has 1 aliphatic rings. The molecule has 2 nitrogen and oxygen atoms in total. The largest absolute Gasteiger partial charge is 0.226 e. The molecule has 88 valence electrons. The summed E-state index contributed by atoms with van der Waals surface area (Å²) in [5.74, 6) is 0.618. The van der Waals surface area contributed by atoms with Crippen LogP contribution in [0.25, 0.3) is 10.9 Å². The molecule has 0 radical (unpaired) electrons. The summed E-state index contributed by atoms with van der Waals surface area (Å²) < 4.78 is 0.719. The molecule has 1 aromatic heterocycles. The van der Waals surface area contributed by atoms with E-state index in [4.69, 9.17) is 0 Å². The van der Waals surface area contributed by atoms with Crippen LogP contribution < -0.4 is 0 Å². The summed E-state index contributed by atoms with van der Waals surface area (Å²) in [7, 11) is 0. The molecule has 1 saturated carbocycles. The van der Waals surface area contributed by atoms with Gasteiger partial charge in [0.25, 0.3) is 0 Å². The van der Waals surface area contributed by atoms with Crippen molar-refractivity contribution in [3.05, 3.63) is 34.7 Å². The first-order valence-electron chi connectivity index (χ1n) is 6.27. The van der Waals surface area contributed by atoms with Crippen LogP contribution in [0.15, 0.2) is 29.0 Å². The summed E-state index contributed by atoms with van der Waals surface area (Å²) in [6.07, 6.45) is 6.59. The molecule has 0 saturated heterocycles. The van der Waals surface area contributed by atoms with E-state index in [9.17, 15) is 0 Å². The van der Waals surface area contributed by atoms with E-state index in [2.05, 4.69) is 44.1 Å². The third-order valence-electron chi connectivity index (χ3n) is 3.60. The lowest BCUT2D eigenvalue weighted by atomic mass is 9.85. The number of benzene rings is 1. The molecule has 0 unspecified atom stereocenters. The van der Waals surface area contributed by atoms with Gasteiger partial charge in [0, 0.05) is 11.3 Å². The minimum absolute atomic E-state index is 0.618. The molecule has 0 bridgehead atoms. The van der Waals surface area contributed by atoms with Gasteiger partial charge in [-0.2, -0.15) is 0 Å². The van der Waals surface area contributed by atoms with Crippen LogP contribution in [0.1, 0.15) is 43.7 Å². The van der Waals surface area contributed by atoms with Gasteiger partial charge in [0.15, 0.2) is 4.73 Å². The average Bonchev–Trinajstić information content (AvgIpc) is 2.39. The lowest BCUT2D eigenvalue weighted by molar-refractivity contribution is 0.438. The minimum atomic E-state index is 0.618. The topological polar surface area (TPSA) is 25.8 Å². The molecule has 0 atom stereocenters. The molecule has 0 spiro atoms. The van der Waals surface area contributed by atoms with Crippen molar-refractivity contribution in [3.63, 3.8) is 0 Å². The van der Waals surface area contributed by atoms with Gasteiger partial charge in [0.1, 0.15) is 0 Å². The standard InChI is InChI=1S/C14H15BrN2/c15-14-16-12-9-5-4-8-11(12)13(17-14)10-6-2-1-3-7-10/h4-5,8-10H,1-3,6-7H2. The molecular formula is C14H15BrN2. The second kappa shape index (κ2) is 4.73. The van der Waals surface area contributed by atoms with E-state index in [0.717, 1.165) is 10.3 Å². The van der Waals surface area contributed by atoms with Crippen LogP contribution in [0.2, 0.25) is 0 Å². The zero-order chi connectivity index (χ0) is 11.7. The fraction of sp³-hybridized carbons (Fsp3) is 0.429. The summed E-state index contributed by atoms with van der Waals surface area (Å²) >= 11 is 3.43. The summed E-state index contributed by atoms with van der Waals surface area (Å²) in [6, 6.07) is 8.32. The molecule has 0 N–H and O–H groups in total. The quantitative estimate of drug-likeness (QED) is 0.726. The van der Waals surface area contributed by atoms with Crippen LogP contribution >= 0.6 is 15.9 Å². The van der Waals surface area contributed by atoms with Crippen LogP contribution in [0.5, 0.6) is 0 Å². The molecule has 17 heavy (non-hydrogen) atoms. The van der Waals surface area contributed by atoms with E-state index in [1.54, 1.807) is 0 Å². The maximum atomic E-state index is 4.63. The zero-order valence-corrected chi connectivity index (χ0v) is 11.3. The summed E-state index contributed by atoms with van der Waals surface area (Å²) in [6.45, 7) is 0. The van der Waals surface area contributed by atoms with Gasteiger partial charge in [-0.3, -0.25) is 0 Å². The van der Waals surface area contributed by atoms with Gasteiger partial charge in [-0.15, -0.1) is 0 Å². The van der Waals surface area contributed by atoms with Crippen molar-refractivity contribution < 1.29 is 0 Å². The smallest absolute Gasteiger partial charge is 0.197 e. The van der Waals surface area contributed by atoms with Crippen molar-refractivity contribution in [2.45, 2.75) is 38.0 Å². The molecule has 1 aromatic carbocycles. The predicted octanol–water partition coefficient (Wildman–Crippen LogP) is 4.44. The highest BCUT2D eigenvalue weighted by Gasteiger charge is 2.19. The van der Waals surface area contributed by atoms with E-state index >= 15 is 0 Å². The van der Waals surface area contributed by atoms with E-state index in [-0.39, 0.29) is 0 Å². The van der Waals surface area contributed by atoms with Gasteiger partial charge in [0.05, 0.1) is 11.2 Å². The minimum Gasteiger partial charge on any atom is -0.226 e. The van der Waals surface area contributed by atoms with Crippen LogP contribution in [-0.2, 0) is 0 Å². The third kappa shape index (κ3) is 2.21. The Bertz CT molecular complexity index is 533. The molecule has 3 rings (SSSR count).